The minimum atomic E-state index is -0.513. The Bertz CT molecular complexity index is 887. The Balaban J connectivity index is 1.55. The van der Waals surface area contributed by atoms with Crippen molar-refractivity contribution in [1.82, 2.24) is 4.98 Å². The molecular weight excluding hydrogens is 344 g/mol. The molecule has 25 heavy (non-hydrogen) atoms. The lowest BCUT2D eigenvalue weighted by Crippen LogP contribution is -2.00. The van der Waals surface area contributed by atoms with Crippen LogP contribution in [-0.4, -0.2) is 11.0 Å². The molecule has 1 aromatic heterocycles. The highest BCUT2D eigenvalue weighted by Gasteiger charge is 2.07. The van der Waals surface area contributed by atoms with Crippen LogP contribution in [0.4, 0.5) is 8.78 Å². The molecule has 6 heteroatoms. The zero-order valence-corrected chi connectivity index (χ0v) is 13.8. The number of benzene rings is 2. The van der Waals surface area contributed by atoms with Gasteiger partial charge in [0.15, 0.2) is 0 Å². The summed E-state index contributed by atoms with van der Waals surface area (Å²) in [5.41, 5.74) is 2.12. The minimum absolute atomic E-state index is 0.0459. The van der Waals surface area contributed by atoms with Crippen LogP contribution in [0.3, 0.4) is 0 Å². The molecule has 126 valence electrons. The minimum Gasteiger partial charge on any atom is -0.456 e. The molecule has 0 fully saturated rings. The van der Waals surface area contributed by atoms with Crippen LogP contribution in [0.2, 0.25) is 0 Å². The zero-order valence-electron chi connectivity index (χ0n) is 13.0. The number of carbonyl (C=O) groups excluding carboxylic acids is 1. The maximum atomic E-state index is 12.9. The molecule has 1 heterocycles. The lowest BCUT2D eigenvalue weighted by Gasteiger charge is -1.99. The Morgan fingerprint density at radius 2 is 1.68 bits per heavy atom. The van der Waals surface area contributed by atoms with Crippen molar-refractivity contribution < 1.29 is 18.3 Å². The molecule has 0 radical (unpaired) electrons. The first-order valence-corrected chi connectivity index (χ1v) is 8.29. The van der Waals surface area contributed by atoms with Crippen molar-refractivity contribution in [2.24, 2.45) is 0 Å². The quantitative estimate of drug-likeness (QED) is 0.484. The number of rotatable bonds is 5. The number of ether oxygens (including phenoxy) is 1. The predicted molar refractivity (Wildman–Crippen MR) is 92.7 cm³/mol. The van der Waals surface area contributed by atoms with Gasteiger partial charge in [0, 0.05) is 17.0 Å². The van der Waals surface area contributed by atoms with Gasteiger partial charge in [0.05, 0.1) is 5.69 Å². The Morgan fingerprint density at radius 1 is 1.04 bits per heavy atom. The van der Waals surface area contributed by atoms with Crippen molar-refractivity contribution in [1.29, 1.82) is 0 Å². The van der Waals surface area contributed by atoms with E-state index in [-0.39, 0.29) is 18.2 Å². The van der Waals surface area contributed by atoms with Gasteiger partial charge in [-0.15, -0.1) is 11.3 Å². The second-order valence-corrected chi connectivity index (χ2v) is 6.00. The number of halogens is 2. The highest BCUT2D eigenvalue weighted by atomic mass is 32.1. The van der Waals surface area contributed by atoms with Crippen molar-refractivity contribution in [2.45, 2.75) is 6.61 Å². The second kappa shape index (κ2) is 7.81. The molecule has 0 spiro atoms. The summed E-state index contributed by atoms with van der Waals surface area (Å²) in [6, 6.07) is 11.8. The van der Waals surface area contributed by atoms with Crippen molar-refractivity contribution in [3.63, 3.8) is 0 Å². The topological polar surface area (TPSA) is 39.2 Å². The van der Waals surface area contributed by atoms with Gasteiger partial charge >= 0.3 is 5.97 Å². The summed E-state index contributed by atoms with van der Waals surface area (Å²) in [6.07, 6.45) is 2.83. The van der Waals surface area contributed by atoms with Gasteiger partial charge < -0.3 is 4.74 Å². The van der Waals surface area contributed by atoms with E-state index in [0.29, 0.717) is 11.3 Å². The standard InChI is InChI=1S/C19H13F2NO2S/c20-15-6-1-13(2-7-15)3-10-18(23)24-11-17-12-25-19(22-17)14-4-8-16(21)9-5-14/h1-10,12H,11H2/b10-3+. The van der Waals surface area contributed by atoms with E-state index in [4.69, 9.17) is 4.74 Å². The summed E-state index contributed by atoms with van der Waals surface area (Å²) >= 11 is 1.39. The number of esters is 1. The van der Waals surface area contributed by atoms with E-state index in [1.54, 1.807) is 35.7 Å². The third-order valence-corrected chi connectivity index (χ3v) is 4.23. The van der Waals surface area contributed by atoms with Gasteiger partial charge in [-0.2, -0.15) is 0 Å². The lowest BCUT2D eigenvalue weighted by molar-refractivity contribution is -0.139. The average molecular weight is 357 g/mol. The summed E-state index contributed by atoms with van der Waals surface area (Å²) in [5.74, 6) is -1.15. The van der Waals surface area contributed by atoms with Crippen molar-refractivity contribution in [3.8, 4) is 10.6 Å². The van der Waals surface area contributed by atoms with Crippen LogP contribution >= 0.6 is 11.3 Å². The van der Waals surface area contributed by atoms with E-state index >= 15 is 0 Å². The SMILES string of the molecule is O=C(/C=C/c1ccc(F)cc1)OCc1csc(-c2ccc(F)cc2)n1. The van der Waals surface area contributed by atoms with E-state index < -0.39 is 5.97 Å². The number of hydrogen-bond acceptors (Lipinski definition) is 4. The van der Waals surface area contributed by atoms with Crippen molar-refractivity contribution >= 4 is 23.4 Å². The molecule has 0 N–H and O–H groups in total. The Hall–Kier alpha value is -2.86. The molecule has 3 nitrogen and oxygen atoms in total. The van der Waals surface area contributed by atoms with Crippen LogP contribution in [-0.2, 0) is 16.1 Å². The lowest BCUT2D eigenvalue weighted by atomic mass is 10.2. The summed E-state index contributed by atoms with van der Waals surface area (Å²) < 4.78 is 30.9. The molecule has 3 rings (SSSR count). The summed E-state index contributed by atoms with van der Waals surface area (Å²) in [7, 11) is 0. The number of carbonyl (C=O) groups is 1. The van der Waals surface area contributed by atoms with Crippen LogP contribution in [0.25, 0.3) is 16.6 Å². The van der Waals surface area contributed by atoms with Gasteiger partial charge in [0.2, 0.25) is 0 Å². The first-order valence-electron chi connectivity index (χ1n) is 7.41. The molecular formula is C19H13F2NO2S. The van der Waals surface area contributed by atoms with Gasteiger partial charge in [-0.05, 0) is 48.0 Å². The van der Waals surface area contributed by atoms with Crippen LogP contribution in [0.5, 0.6) is 0 Å². The van der Waals surface area contributed by atoms with Crippen LogP contribution in [0, 0.1) is 11.6 Å². The molecule has 2 aromatic carbocycles. The summed E-state index contributed by atoms with van der Waals surface area (Å²) in [6.45, 7) is 0.0459. The predicted octanol–water partition coefficient (Wildman–Crippen LogP) is 4.84. The van der Waals surface area contributed by atoms with Crippen LogP contribution in [0.15, 0.2) is 60.0 Å². The highest BCUT2D eigenvalue weighted by molar-refractivity contribution is 7.13. The first kappa shape index (κ1) is 17.0. The van der Waals surface area contributed by atoms with Crippen LogP contribution < -0.4 is 0 Å². The Kier molecular flexibility index (Phi) is 5.30. The molecule has 0 atom stereocenters. The fourth-order valence-corrected chi connectivity index (χ4v) is 2.84. The molecule has 0 saturated heterocycles. The second-order valence-electron chi connectivity index (χ2n) is 5.14. The van der Waals surface area contributed by atoms with Crippen LogP contribution in [0.1, 0.15) is 11.3 Å². The Labute approximate surface area is 147 Å². The van der Waals surface area contributed by atoms with E-state index in [2.05, 4.69) is 4.98 Å². The van der Waals surface area contributed by atoms with Gasteiger partial charge in [0.1, 0.15) is 23.2 Å². The monoisotopic (exact) mass is 357 g/mol. The molecule has 0 aliphatic rings. The molecule has 0 aliphatic carbocycles. The third-order valence-electron chi connectivity index (χ3n) is 3.29. The normalized spacial score (nSPS) is 11.0. The maximum Gasteiger partial charge on any atom is 0.331 e. The molecule has 0 saturated carbocycles. The van der Waals surface area contributed by atoms with Gasteiger partial charge in [-0.25, -0.2) is 18.6 Å². The molecule has 0 aliphatic heterocycles. The van der Waals surface area contributed by atoms with E-state index in [9.17, 15) is 13.6 Å². The molecule has 0 unspecified atom stereocenters. The average Bonchev–Trinajstić information content (AvgIpc) is 3.09. The number of hydrogen-bond donors (Lipinski definition) is 0. The molecule has 3 aromatic rings. The largest absolute Gasteiger partial charge is 0.456 e. The van der Waals surface area contributed by atoms with Gasteiger partial charge in [-0.1, -0.05) is 12.1 Å². The molecule has 0 bridgehead atoms. The van der Waals surface area contributed by atoms with Crippen molar-refractivity contribution in [3.05, 3.63) is 82.9 Å². The van der Waals surface area contributed by atoms with E-state index in [1.807, 2.05) is 0 Å². The number of nitrogens with zero attached hydrogens (tertiary/aromatic N) is 1. The number of thiazole rings is 1. The van der Waals surface area contributed by atoms with E-state index in [1.165, 1.54) is 41.7 Å². The fraction of sp³-hybridized carbons (Fsp3) is 0.0526. The Morgan fingerprint density at radius 3 is 2.36 bits per heavy atom. The maximum absolute atomic E-state index is 12.9. The fourth-order valence-electron chi connectivity index (χ4n) is 2.03. The summed E-state index contributed by atoms with van der Waals surface area (Å²) in [5, 5.41) is 2.52. The number of aromatic nitrogens is 1. The third kappa shape index (κ3) is 4.81. The van der Waals surface area contributed by atoms with Gasteiger partial charge in [0.25, 0.3) is 0 Å². The molecule has 0 amide bonds. The van der Waals surface area contributed by atoms with Crippen molar-refractivity contribution in [2.75, 3.05) is 0 Å². The highest BCUT2D eigenvalue weighted by Crippen LogP contribution is 2.24. The first-order chi connectivity index (χ1) is 12.1. The zero-order chi connectivity index (χ0) is 17.6. The summed E-state index contributed by atoms with van der Waals surface area (Å²) in [4.78, 5) is 16.1. The smallest absolute Gasteiger partial charge is 0.331 e. The van der Waals surface area contributed by atoms with Gasteiger partial charge in [-0.3, -0.25) is 0 Å². The van der Waals surface area contributed by atoms with E-state index in [0.717, 1.165) is 10.6 Å².